The summed E-state index contributed by atoms with van der Waals surface area (Å²) in [4.78, 5) is 4.05. The fourth-order valence-corrected chi connectivity index (χ4v) is 2.25. The van der Waals surface area contributed by atoms with E-state index in [1.165, 1.54) is 11.1 Å². The van der Waals surface area contributed by atoms with E-state index in [1.54, 1.807) is 0 Å². The first-order chi connectivity index (χ1) is 8.90. The highest BCUT2D eigenvalue weighted by atomic mass is 15.8. The van der Waals surface area contributed by atoms with Crippen LogP contribution in [0.15, 0.2) is 48.5 Å². The zero-order valence-corrected chi connectivity index (χ0v) is 10.3. The number of dihydropyridines is 1. The van der Waals surface area contributed by atoms with Gasteiger partial charge in [-0.05, 0) is 42.6 Å². The summed E-state index contributed by atoms with van der Waals surface area (Å²) in [5.74, 6) is 0. The minimum atomic E-state index is 0.169. The summed E-state index contributed by atoms with van der Waals surface area (Å²) in [5, 5.41) is 8.68. The summed E-state index contributed by atoms with van der Waals surface area (Å²) in [6.45, 7) is 0.900. The molecule has 0 amide bonds. The van der Waals surface area contributed by atoms with Crippen LogP contribution in [-0.2, 0) is 0 Å². The maximum atomic E-state index is 4.05. The van der Waals surface area contributed by atoms with Crippen LogP contribution in [0.25, 0.3) is 0 Å². The van der Waals surface area contributed by atoms with Crippen molar-refractivity contribution in [3.8, 4) is 0 Å². The van der Waals surface area contributed by atoms with Crippen molar-refractivity contribution < 1.29 is 0 Å². The van der Waals surface area contributed by atoms with Crippen molar-refractivity contribution in [2.24, 2.45) is 0 Å². The summed E-state index contributed by atoms with van der Waals surface area (Å²) in [7, 11) is 1.97. The zero-order chi connectivity index (χ0) is 12.4. The maximum absolute atomic E-state index is 4.05. The molecule has 94 valence electrons. The topological polar surface area (TPSA) is 61.9 Å². The van der Waals surface area contributed by atoms with Gasteiger partial charge in [0.2, 0.25) is 0 Å². The largest absolute Gasteiger partial charge is 0.387 e. The second kappa shape index (κ2) is 4.89. The highest BCUT2D eigenvalue weighted by Gasteiger charge is 2.41. The van der Waals surface area contributed by atoms with Gasteiger partial charge in [-0.1, -0.05) is 6.08 Å². The molecule has 3 atom stereocenters. The molecule has 1 aromatic rings. The third-order valence-corrected chi connectivity index (χ3v) is 3.22. The molecule has 2 aliphatic rings. The van der Waals surface area contributed by atoms with E-state index in [1.807, 2.05) is 37.8 Å². The van der Waals surface area contributed by atoms with Gasteiger partial charge in [0.05, 0.1) is 0 Å². The molecule has 3 N–H and O–H groups in total. The van der Waals surface area contributed by atoms with Gasteiger partial charge in [-0.3, -0.25) is 10.3 Å². The molecule has 3 rings (SSSR count). The van der Waals surface area contributed by atoms with Gasteiger partial charge in [-0.2, -0.15) is 5.01 Å². The second-order valence-corrected chi connectivity index (χ2v) is 4.36. The number of hydrazine groups is 1. The van der Waals surface area contributed by atoms with E-state index in [4.69, 9.17) is 0 Å². The Morgan fingerprint density at radius 3 is 2.94 bits per heavy atom. The minimum absolute atomic E-state index is 0.169. The van der Waals surface area contributed by atoms with E-state index in [0.29, 0.717) is 6.17 Å². The molecule has 0 aromatic carbocycles. The zero-order valence-electron chi connectivity index (χ0n) is 10.3. The van der Waals surface area contributed by atoms with Crippen molar-refractivity contribution in [2.45, 2.75) is 12.3 Å². The van der Waals surface area contributed by atoms with Gasteiger partial charge in [0, 0.05) is 18.9 Å². The molecule has 3 unspecified atom stereocenters. The third-order valence-electron chi connectivity index (χ3n) is 3.22. The number of hydrogen-bond acceptors (Lipinski definition) is 5. The lowest BCUT2D eigenvalue weighted by Gasteiger charge is -2.17. The molecule has 1 fully saturated rings. The first kappa shape index (κ1) is 11.4. The molecular formula is C13H17N5. The van der Waals surface area contributed by atoms with E-state index in [0.717, 1.165) is 6.54 Å². The standard InChI is InChI=1S/C13H17N5/c1-14-12(10-2-6-15-7-3-10)18-13(17-18)11-4-8-16-9-5-11/h2-8,12-14,16-17H,9H2,1H3. The summed E-state index contributed by atoms with van der Waals surface area (Å²) in [6.07, 6.45) is 10.4. The summed E-state index contributed by atoms with van der Waals surface area (Å²) < 4.78 is 0. The van der Waals surface area contributed by atoms with E-state index >= 15 is 0 Å². The van der Waals surface area contributed by atoms with Gasteiger partial charge >= 0.3 is 0 Å². The van der Waals surface area contributed by atoms with E-state index in [9.17, 15) is 0 Å². The van der Waals surface area contributed by atoms with Crippen molar-refractivity contribution in [1.82, 2.24) is 26.1 Å². The molecule has 0 aliphatic carbocycles. The van der Waals surface area contributed by atoms with Crippen molar-refractivity contribution in [1.29, 1.82) is 0 Å². The summed E-state index contributed by atoms with van der Waals surface area (Å²) in [6, 6.07) is 4.07. The molecule has 0 spiro atoms. The maximum Gasteiger partial charge on any atom is 0.114 e. The Kier molecular flexibility index (Phi) is 3.10. The van der Waals surface area contributed by atoms with E-state index in [-0.39, 0.29) is 6.17 Å². The Hall–Kier alpha value is -1.69. The van der Waals surface area contributed by atoms with Crippen LogP contribution < -0.4 is 16.1 Å². The number of pyridine rings is 1. The SMILES string of the molecule is CNC(c1ccncc1)N1NC1C1=CCNC=C1. The van der Waals surface area contributed by atoms with Crippen LogP contribution in [0, 0.1) is 0 Å². The summed E-state index contributed by atoms with van der Waals surface area (Å²) >= 11 is 0. The van der Waals surface area contributed by atoms with E-state index < -0.39 is 0 Å². The predicted molar refractivity (Wildman–Crippen MR) is 70.0 cm³/mol. The molecule has 18 heavy (non-hydrogen) atoms. The average Bonchev–Trinajstić information content (AvgIpc) is 3.22. The Morgan fingerprint density at radius 2 is 2.28 bits per heavy atom. The van der Waals surface area contributed by atoms with Crippen LogP contribution in [0.4, 0.5) is 0 Å². The molecular weight excluding hydrogens is 226 g/mol. The Morgan fingerprint density at radius 1 is 1.44 bits per heavy atom. The van der Waals surface area contributed by atoms with Crippen LogP contribution in [0.3, 0.4) is 0 Å². The Balaban J connectivity index is 1.72. The van der Waals surface area contributed by atoms with Crippen molar-refractivity contribution in [3.05, 3.63) is 54.0 Å². The monoisotopic (exact) mass is 243 g/mol. The molecule has 5 heteroatoms. The highest BCUT2D eigenvalue weighted by Crippen LogP contribution is 2.29. The molecule has 0 saturated carbocycles. The third kappa shape index (κ3) is 2.15. The number of rotatable bonds is 4. The molecule has 3 heterocycles. The number of hydrogen-bond donors (Lipinski definition) is 3. The fourth-order valence-electron chi connectivity index (χ4n) is 2.25. The second-order valence-electron chi connectivity index (χ2n) is 4.36. The van der Waals surface area contributed by atoms with Gasteiger partial charge in [-0.25, -0.2) is 5.43 Å². The predicted octanol–water partition coefficient (Wildman–Crippen LogP) is 0.489. The molecule has 0 radical (unpaired) electrons. The minimum Gasteiger partial charge on any atom is -0.387 e. The Bertz CT molecular complexity index is 468. The van der Waals surface area contributed by atoms with Crippen molar-refractivity contribution >= 4 is 0 Å². The lowest BCUT2D eigenvalue weighted by atomic mass is 10.1. The smallest absolute Gasteiger partial charge is 0.114 e. The fraction of sp³-hybridized carbons (Fsp3) is 0.308. The average molecular weight is 243 g/mol. The van der Waals surface area contributed by atoms with Crippen LogP contribution in [0.5, 0.6) is 0 Å². The van der Waals surface area contributed by atoms with Crippen LogP contribution in [0.1, 0.15) is 11.7 Å². The molecule has 2 aliphatic heterocycles. The van der Waals surface area contributed by atoms with Gasteiger partial charge < -0.3 is 5.32 Å². The van der Waals surface area contributed by atoms with Gasteiger partial charge in [0.1, 0.15) is 12.3 Å². The quantitative estimate of drug-likeness (QED) is 0.672. The summed E-state index contributed by atoms with van der Waals surface area (Å²) in [5.41, 5.74) is 5.91. The van der Waals surface area contributed by atoms with Gasteiger partial charge in [-0.15, -0.1) is 0 Å². The number of aromatic nitrogens is 1. The van der Waals surface area contributed by atoms with Crippen LogP contribution in [-0.4, -0.2) is 29.8 Å². The van der Waals surface area contributed by atoms with Gasteiger partial charge in [0.25, 0.3) is 0 Å². The molecule has 5 nitrogen and oxygen atoms in total. The number of nitrogens with one attached hydrogen (secondary N) is 3. The van der Waals surface area contributed by atoms with Crippen molar-refractivity contribution in [3.63, 3.8) is 0 Å². The first-order valence-electron chi connectivity index (χ1n) is 6.12. The molecule has 1 aromatic heterocycles. The first-order valence-corrected chi connectivity index (χ1v) is 6.12. The lowest BCUT2D eigenvalue weighted by molar-refractivity contribution is 0.322. The van der Waals surface area contributed by atoms with Gasteiger partial charge in [0.15, 0.2) is 0 Å². The lowest BCUT2D eigenvalue weighted by Crippen LogP contribution is -2.26. The van der Waals surface area contributed by atoms with Crippen molar-refractivity contribution in [2.75, 3.05) is 13.6 Å². The van der Waals surface area contributed by atoms with Crippen LogP contribution >= 0.6 is 0 Å². The molecule has 1 saturated heterocycles. The van der Waals surface area contributed by atoms with E-state index in [2.05, 4.69) is 38.2 Å². The number of nitrogens with zero attached hydrogens (tertiary/aromatic N) is 2. The highest BCUT2D eigenvalue weighted by molar-refractivity contribution is 5.31. The van der Waals surface area contributed by atoms with Crippen LogP contribution in [0.2, 0.25) is 0 Å². The Labute approximate surface area is 107 Å². The normalized spacial score (nSPS) is 27.3. The molecule has 0 bridgehead atoms.